The molecule has 5 heteroatoms. The molecule has 0 saturated carbocycles. The minimum atomic E-state index is -0.465. The van der Waals surface area contributed by atoms with Crippen molar-refractivity contribution >= 4 is 17.6 Å². The molecule has 2 rings (SSSR count). The summed E-state index contributed by atoms with van der Waals surface area (Å²) in [6, 6.07) is 5.13. The van der Waals surface area contributed by atoms with E-state index in [1.807, 2.05) is 13.8 Å². The molecule has 1 aliphatic heterocycles. The van der Waals surface area contributed by atoms with Crippen molar-refractivity contribution in [2.45, 2.75) is 38.6 Å². The van der Waals surface area contributed by atoms with Crippen LogP contribution in [0.1, 0.15) is 42.1 Å². The van der Waals surface area contributed by atoms with Gasteiger partial charge in [0.05, 0.1) is 18.2 Å². The van der Waals surface area contributed by atoms with Crippen LogP contribution in [0.3, 0.4) is 0 Å². The lowest BCUT2D eigenvalue weighted by atomic mass is 9.93. The Kier molecular flexibility index (Phi) is 4.63. The maximum absolute atomic E-state index is 12.5. The van der Waals surface area contributed by atoms with Crippen molar-refractivity contribution in [1.82, 2.24) is 5.32 Å². The van der Waals surface area contributed by atoms with Gasteiger partial charge in [0.2, 0.25) is 5.91 Å². The normalized spacial score (nSPS) is 21.1. The molecule has 1 fully saturated rings. The first-order chi connectivity index (χ1) is 10.0. The van der Waals surface area contributed by atoms with Crippen molar-refractivity contribution in [3.8, 4) is 0 Å². The number of nitrogens with one attached hydrogen (secondary N) is 2. The number of rotatable bonds is 4. The zero-order chi connectivity index (χ0) is 15.5. The predicted octanol–water partition coefficient (Wildman–Crippen LogP) is 2.25. The summed E-state index contributed by atoms with van der Waals surface area (Å²) in [5.41, 5.74) is 1.59. The largest absolute Gasteiger partial charge is 0.465 e. The quantitative estimate of drug-likeness (QED) is 0.835. The SMILES string of the molecule is CCC1(C(=O)Nc2ccc(C(=O)OC)cc2C)CCCN1. The average Bonchev–Trinajstić information content (AvgIpc) is 2.98. The van der Waals surface area contributed by atoms with Gasteiger partial charge in [0.1, 0.15) is 0 Å². The van der Waals surface area contributed by atoms with Crippen LogP contribution in [0.4, 0.5) is 5.69 Å². The lowest BCUT2D eigenvalue weighted by molar-refractivity contribution is -0.122. The molecule has 1 aliphatic rings. The fourth-order valence-electron chi connectivity index (χ4n) is 2.75. The van der Waals surface area contributed by atoms with E-state index in [1.165, 1.54) is 7.11 Å². The molecular weight excluding hydrogens is 268 g/mol. The van der Waals surface area contributed by atoms with Gasteiger partial charge in [-0.25, -0.2) is 4.79 Å². The minimum Gasteiger partial charge on any atom is -0.465 e. The van der Waals surface area contributed by atoms with E-state index in [0.29, 0.717) is 5.56 Å². The molecule has 5 nitrogen and oxygen atoms in total. The third-order valence-electron chi connectivity index (χ3n) is 4.18. The first-order valence-corrected chi connectivity index (χ1v) is 7.28. The number of methoxy groups -OCH3 is 1. The number of benzene rings is 1. The van der Waals surface area contributed by atoms with Gasteiger partial charge in [0.25, 0.3) is 0 Å². The van der Waals surface area contributed by atoms with E-state index in [1.54, 1.807) is 18.2 Å². The third kappa shape index (κ3) is 3.08. The molecule has 1 unspecified atom stereocenters. The van der Waals surface area contributed by atoms with Crippen LogP contribution in [0, 0.1) is 6.92 Å². The summed E-state index contributed by atoms with van der Waals surface area (Å²) in [5.74, 6) is -0.380. The van der Waals surface area contributed by atoms with Crippen LogP contribution in [-0.4, -0.2) is 31.1 Å². The zero-order valence-corrected chi connectivity index (χ0v) is 12.8. The number of ether oxygens (including phenoxy) is 1. The van der Waals surface area contributed by atoms with Gasteiger partial charge in [-0.15, -0.1) is 0 Å². The van der Waals surface area contributed by atoms with Gasteiger partial charge in [-0.3, -0.25) is 4.79 Å². The van der Waals surface area contributed by atoms with E-state index in [2.05, 4.69) is 10.6 Å². The van der Waals surface area contributed by atoms with Crippen LogP contribution in [0.25, 0.3) is 0 Å². The zero-order valence-electron chi connectivity index (χ0n) is 12.8. The summed E-state index contributed by atoms with van der Waals surface area (Å²) >= 11 is 0. The third-order valence-corrected chi connectivity index (χ3v) is 4.18. The first kappa shape index (κ1) is 15.5. The van der Waals surface area contributed by atoms with Gasteiger partial charge >= 0.3 is 5.97 Å². The van der Waals surface area contributed by atoms with E-state index in [4.69, 9.17) is 4.74 Å². The summed E-state index contributed by atoms with van der Waals surface area (Å²) < 4.78 is 4.69. The summed E-state index contributed by atoms with van der Waals surface area (Å²) in [7, 11) is 1.35. The molecule has 1 aromatic carbocycles. The standard InChI is InChI=1S/C16H22N2O3/c1-4-16(8-5-9-17-16)15(20)18-13-7-6-12(10-11(13)2)14(19)21-3/h6-7,10,17H,4-5,8-9H2,1-3H3,(H,18,20). The highest BCUT2D eigenvalue weighted by atomic mass is 16.5. The average molecular weight is 290 g/mol. The lowest BCUT2D eigenvalue weighted by Crippen LogP contribution is -2.50. The van der Waals surface area contributed by atoms with Crippen LogP contribution in [-0.2, 0) is 9.53 Å². The van der Waals surface area contributed by atoms with Gasteiger partial charge < -0.3 is 15.4 Å². The Morgan fingerprint density at radius 3 is 2.71 bits per heavy atom. The van der Waals surface area contributed by atoms with Gasteiger partial charge in [0, 0.05) is 5.69 Å². The molecule has 1 amide bonds. The number of carbonyl (C=O) groups excluding carboxylic acids is 2. The Balaban J connectivity index is 2.16. The highest BCUT2D eigenvalue weighted by Crippen LogP contribution is 2.26. The molecule has 0 aromatic heterocycles. The summed E-state index contributed by atoms with van der Waals surface area (Å²) in [5, 5.41) is 6.29. The van der Waals surface area contributed by atoms with Crippen molar-refractivity contribution in [1.29, 1.82) is 0 Å². The van der Waals surface area contributed by atoms with E-state index < -0.39 is 5.54 Å². The van der Waals surface area contributed by atoms with Gasteiger partial charge in [-0.2, -0.15) is 0 Å². The Morgan fingerprint density at radius 1 is 1.43 bits per heavy atom. The Hall–Kier alpha value is -1.88. The molecule has 2 N–H and O–H groups in total. The molecule has 21 heavy (non-hydrogen) atoms. The van der Waals surface area contributed by atoms with Crippen LogP contribution in [0.5, 0.6) is 0 Å². The molecule has 0 aliphatic carbocycles. The number of anilines is 1. The van der Waals surface area contributed by atoms with Crippen molar-refractivity contribution in [3.05, 3.63) is 29.3 Å². The number of aryl methyl sites for hydroxylation is 1. The van der Waals surface area contributed by atoms with E-state index in [-0.39, 0.29) is 11.9 Å². The maximum atomic E-state index is 12.5. The molecule has 0 radical (unpaired) electrons. The second-order valence-electron chi connectivity index (χ2n) is 5.44. The molecule has 1 aromatic rings. The van der Waals surface area contributed by atoms with Gasteiger partial charge in [-0.1, -0.05) is 6.92 Å². The molecule has 1 heterocycles. The van der Waals surface area contributed by atoms with Gasteiger partial charge in [0.15, 0.2) is 0 Å². The molecule has 114 valence electrons. The first-order valence-electron chi connectivity index (χ1n) is 7.28. The monoisotopic (exact) mass is 290 g/mol. The molecule has 0 bridgehead atoms. The Labute approximate surface area is 125 Å². The van der Waals surface area contributed by atoms with E-state index in [0.717, 1.165) is 37.1 Å². The molecule has 1 atom stereocenters. The summed E-state index contributed by atoms with van der Waals surface area (Å²) in [6.45, 7) is 4.76. The predicted molar refractivity (Wildman–Crippen MR) is 81.4 cm³/mol. The molecule has 1 saturated heterocycles. The van der Waals surface area contributed by atoms with Crippen LogP contribution < -0.4 is 10.6 Å². The second-order valence-corrected chi connectivity index (χ2v) is 5.44. The van der Waals surface area contributed by atoms with Crippen molar-refractivity contribution in [3.63, 3.8) is 0 Å². The Bertz CT molecular complexity index is 548. The minimum absolute atomic E-state index is 0.00332. The number of carbonyl (C=O) groups is 2. The number of hydrogen-bond donors (Lipinski definition) is 2. The fourth-order valence-corrected chi connectivity index (χ4v) is 2.75. The van der Waals surface area contributed by atoms with Crippen LogP contribution in [0.15, 0.2) is 18.2 Å². The van der Waals surface area contributed by atoms with E-state index >= 15 is 0 Å². The van der Waals surface area contributed by atoms with E-state index in [9.17, 15) is 9.59 Å². The van der Waals surface area contributed by atoms with Gasteiger partial charge in [-0.05, 0) is 56.5 Å². The summed E-state index contributed by atoms with van der Waals surface area (Å²) in [6.07, 6.45) is 2.63. The number of amides is 1. The second kappa shape index (κ2) is 6.26. The number of hydrogen-bond acceptors (Lipinski definition) is 4. The highest BCUT2D eigenvalue weighted by Gasteiger charge is 2.39. The van der Waals surface area contributed by atoms with Crippen molar-refractivity contribution < 1.29 is 14.3 Å². The highest BCUT2D eigenvalue weighted by molar-refractivity contribution is 5.99. The summed E-state index contributed by atoms with van der Waals surface area (Å²) in [4.78, 5) is 24.0. The fraction of sp³-hybridized carbons (Fsp3) is 0.500. The number of esters is 1. The smallest absolute Gasteiger partial charge is 0.337 e. The maximum Gasteiger partial charge on any atom is 0.337 e. The topological polar surface area (TPSA) is 67.4 Å². The van der Waals surface area contributed by atoms with Crippen LogP contribution >= 0.6 is 0 Å². The van der Waals surface area contributed by atoms with Crippen molar-refractivity contribution in [2.24, 2.45) is 0 Å². The Morgan fingerprint density at radius 2 is 2.19 bits per heavy atom. The van der Waals surface area contributed by atoms with Crippen LogP contribution in [0.2, 0.25) is 0 Å². The molecule has 0 spiro atoms. The lowest BCUT2D eigenvalue weighted by Gasteiger charge is -2.27. The molecular formula is C16H22N2O3. The van der Waals surface area contributed by atoms with Crippen molar-refractivity contribution in [2.75, 3.05) is 19.0 Å².